The van der Waals surface area contributed by atoms with Crippen LogP contribution in [-0.4, -0.2) is 85.8 Å². The average molecular weight is 544 g/mol. The van der Waals surface area contributed by atoms with Gasteiger partial charge in [0.15, 0.2) is 0 Å². The molecule has 2 aliphatic heterocycles. The van der Waals surface area contributed by atoms with Crippen molar-refractivity contribution >= 4 is 51.8 Å². The number of fused-ring (bicyclic) bond motifs is 1. The van der Waals surface area contributed by atoms with Crippen LogP contribution in [0.1, 0.15) is 34.8 Å². The number of amides is 1. The number of ether oxygens (including phenoxy) is 1. The summed E-state index contributed by atoms with van der Waals surface area (Å²) >= 11 is 12.6. The standard InChI is InChI=1S/C26H31Cl2N7O2/c1-33(2)7-5-29-26(36)17-12-19(21-4-3-6-35(21)23-15-18(27)14-22(28)31-23)25-20(13-17)30-16-24(32-25)34-8-10-37-11-9-34/h12-16,21H,3-11H2,1-2H3,(H,29,36). The van der Waals surface area contributed by atoms with Crippen molar-refractivity contribution in [2.75, 3.05) is 69.8 Å². The molecular weight excluding hydrogens is 513 g/mol. The first-order chi connectivity index (χ1) is 17.9. The fourth-order valence-corrected chi connectivity index (χ4v) is 5.38. The molecule has 2 aliphatic rings. The summed E-state index contributed by atoms with van der Waals surface area (Å²) in [7, 11) is 3.96. The van der Waals surface area contributed by atoms with Crippen LogP contribution in [0.2, 0.25) is 10.2 Å². The minimum Gasteiger partial charge on any atom is -0.378 e. The highest BCUT2D eigenvalue weighted by Crippen LogP contribution is 2.39. The van der Waals surface area contributed by atoms with Crippen LogP contribution in [-0.2, 0) is 4.74 Å². The van der Waals surface area contributed by atoms with E-state index in [0.717, 1.165) is 55.9 Å². The van der Waals surface area contributed by atoms with Crippen LogP contribution >= 0.6 is 23.2 Å². The van der Waals surface area contributed by atoms with E-state index in [1.807, 2.05) is 37.2 Å². The monoisotopic (exact) mass is 543 g/mol. The smallest absolute Gasteiger partial charge is 0.251 e. The number of carbonyl (C=O) groups is 1. The Morgan fingerprint density at radius 2 is 1.92 bits per heavy atom. The van der Waals surface area contributed by atoms with Crippen molar-refractivity contribution in [2.24, 2.45) is 0 Å². The van der Waals surface area contributed by atoms with Crippen molar-refractivity contribution < 1.29 is 9.53 Å². The molecule has 1 unspecified atom stereocenters. The van der Waals surface area contributed by atoms with Crippen LogP contribution in [0.3, 0.4) is 0 Å². The zero-order valence-corrected chi connectivity index (χ0v) is 22.6. The summed E-state index contributed by atoms with van der Waals surface area (Å²) in [5, 5.41) is 3.91. The summed E-state index contributed by atoms with van der Waals surface area (Å²) in [6.45, 7) is 4.97. The number of carbonyl (C=O) groups excluding carboxylic acids is 1. The number of likely N-dealkylation sites (N-methyl/N-ethyl adjacent to an activating group) is 1. The normalized spacial score (nSPS) is 18.1. The number of rotatable bonds is 7. The highest BCUT2D eigenvalue weighted by molar-refractivity contribution is 6.34. The lowest BCUT2D eigenvalue weighted by molar-refractivity contribution is 0.0951. The van der Waals surface area contributed by atoms with Crippen LogP contribution in [0.4, 0.5) is 11.6 Å². The zero-order chi connectivity index (χ0) is 25.9. The van der Waals surface area contributed by atoms with Gasteiger partial charge in [0.05, 0.1) is 36.5 Å². The third kappa shape index (κ3) is 5.90. The number of aromatic nitrogens is 3. The predicted molar refractivity (Wildman–Crippen MR) is 147 cm³/mol. The molecule has 11 heteroatoms. The highest BCUT2D eigenvalue weighted by atomic mass is 35.5. The van der Waals surface area contributed by atoms with Crippen molar-refractivity contribution in [1.82, 2.24) is 25.2 Å². The van der Waals surface area contributed by atoms with Crippen molar-refractivity contribution in [3.63, 3.8) is 0 Å². The van der Waals surface area contributed by atoms with Gasteiger partial charge in [-0.15, -0.1) is 0 Å². The maximum atomic E-state index is 13.1. The molecule has 1 atom stereocenters. The van der Waals surface area contributed by atoms with Gasteiger partial charge in [0, 0.05) is 48.9 Å². The first kappa shape index (κ1) is 25.9. The lowest BCUT2D eigenvalue weighted by Crippen LogP contribution is -2.36. The molecule has 2 fully saturated rings. The van der Waals surface area contributed by atoms with Gasteiger partial charge in [-0.1, -0.05) is 23.2 Å². The van der Waals surface area contributed by atoms with Gasteiger partial charge in [-0.3, -0.25) is 9.78 Å². The van der Waals surface area contributed by atoms with Gasteiger partial charge >= 0.3 is 0 Å². The van der Waals surface area contributed by atoms with E-state index in [-0.39, 0.29) is 11.9 Å². The first-order valence-corrected chi connectivity index (χ1v) is 13.3. The van der Waals surface area contributed by atoms with Gasteiger partial charge in [0.1, 0.15) is 16.8 Å². The predicted octanol–water partition coefficient (Wildman–Crippen LogP) is 3.80. The molecule has 4 heterocycles. The highest BCUT2D eigenvalue weighted by Gasteiger charge is 2.31. The van der Waals surface area contributed by atoms with Crippen LogP contribution in [0.5, 0.6) is 0 Å². The molecule has 1 N–H and O–H groups in total. The molecule has 0 saturated carbocycles. The number of nitrogens with zero attached hydrogens (tertiary/aromatic N) is 6. The van der Waals surface area contributed by atoms with Gasteiger partial charge < -0.3 is 24.8 Å². The topological polar surface area (TPSA) is 86.7 Å². The third-order valence-corrected chi connectivity index (χ3v) is 7.17. The summed E-state index contributed by atoms with van der Waals surface area (Å²) < 4.78 is 5.51. The SMILES string of the molecule is CN(C)CCNC(=O)c1cc(C2CCCN2c2cc(Cl)cc(Cl)n2)c2nc(N3CCOCC3)cnc2c1. The Balaban J connectivity index is 1.57. The molecule has 37 heavy (non-hydrogen) atoms. The molecule has 2 saturated heterocycles. The number of morpholine rings is 1. The summed E-state index contributed by atoms with van der Waals surface area (Å²) in [5.74, 6) is 1.40. The van der Waals surface area contributed by atoms with Crippen molar-refractivity contribution in [3.05, 3.63) is 51.8 Å². The van der Waals surface area contributed by atoms with E-state index in [1.54, 1.807) is 12.3 Å². The van der Waals surface area contributed by atoms with E-state index in [0.29, 0.717) is 46.8 Å². The summed E-state index contributed by atoms with van der Waals surface area (Å²) in [6.07, 6.45) is 3.64. The second-order valence-corrected chi connectivity index (χ2v) is 10.5. The van der Waals surface area contributed by atoms with Crippen LogP contribution in [0.25, 0.3) is 11.0 Å². The average Bonchev–Trinajstić information content (AvgIpc) is 3.37. The molecule has 9 nitrogen and oxygen atoms in total. The van der Waals surface area contributed by atoms with E-state index >= 15 is 0 Å². The largest absolute Gasteiger partial charge is 0.378 e. The molecule has 196 valence electrons. The molecule has 0 bridgehead atoms. The number of halogens is 2. The number of pyridine rings is 1. The minimum atomic E-state index is -0.127. The number of nitrogens with one attached hydrogen (secondary N) is 1. The van der Waals surface area contributed by atoms with Crippen LogP contribution in [0.15, 0.2) is 30.5 Å². The Hall–Kier alpha value is -2.72. The van der Waals surface area contributed by atoms with E-state index in [1.165, 1.54) is 0 Å². The molecule has 3 aromatic rings. The number of hydrogen-bond donors (Lipinski definition) is 1. The Kier molecular flexibility index (Phi) is 7.95. The first-order valence-electron chi connectivity index (χ1n) is 12.5. The Labute approximate surface area is 226 Å². The Morgan fingerprint density at radius 1 is 1.11 bits per heavy atom. The number of benzene rings is 1. The van der Waals surface area contributed by atoms with Gasteiger partial charge in [0.25, 0.3) is 5.91 Å². The maximum Gasteiger partial charge on any atom is 0.251 e. The molecule has 0 aliphatic carbocycles. The lowest BCUT2D eigenvalue weighted by Gasteiger charge is -2.29. The van der Waals surface area contributed by atoms with E-state index < -0.39 is 0 Å². The van der Waals surface area contributed by atoms with Gasteiger partial charge in [0.2, 0.25) is 0 Å². The van der Waals surface area contributed by atoms with Gasteiger partial charge in [-0.25, -0.2) is 9.97 Å². The van der Waals surface area contributed by atoms with E-state index in [4.69, 9.17) is 37.9 Å². The molecule has 1 aromatic carbocycles. The quantitative estimate of drug-likeness (QED) is 0.450. The lowest BCUT2D eigenvalue weighted by atomic mass is 9.99. The summed E-state index contributed by atoms with van der Waals surface area (Å²) in [6, 6.07) is 7.20. The summed E-state index contributed by atoms with van der Waals surface area (Å²) in [4.78, 5) is 33.9. The van der Waals surface area contributed by atoms with Crippen LogP contribution in [0, 0.1) is 0 Å². The molecule has 2 aromatic heterocycles. The van der Waals surface area contributed by atoms with Crippen LogP contribution < -0.4 is 15.1 Å². The molecular formula is C26H31Cl2N7O2. The van der Waals surface area contributed by atoms with Crippen molar-refractivity contribution in [3.8, 4) is 0 Å². The molecule has 0 spiro atoms. The van der Waals surface area contributed by atoms with Crippen molar-refractivity contribution in [1.29, 1.82) is 0 Å². The Bertz CT molecular complexity index is 1260. The van der Waals surface area contributed by atoms with E-state index in [2.05, 4.69) is 20.1 Å². The number of hydrogen-bond acceptors (Lipinski definition) is 8. The third-order valence-electron chi connectivity index (χ3n) is 6.76. The molecule has 0 radical (unpaired) electrons. The van der Waals surface area contributed by atoms with Gasteiger partial charge in [-0.2, -0.15) is 0 Å². The molecule has 5 rings (SSSR count). The zero-order valence-electron chi connectivity index (χ0n) is 21.1. The second kappa shape index (κ2) is 11.3. The van der Waals surface area contributed by atoms with Gasteiger partial charge in [-0.05, 0) is 51.2 Å². The number of anilines is 2. The molecule has 1 amide bonds. The van der Waals surface area contributed by atoms with Crippen molar-refractivity contribution in [2.45, 2.75) is 18.9 Å². The van der Waals surface area contributed by atoms with E-state index in [9.17, 15) is 4.79 Å². The summed E-state index contributed by atoms with van der Waals surface area (Å²) in [5.41, 5.74) is 3.00. The Morgan fingerprint density at radius 3 is 2.68 bits per heavy atom. The minimum absolute atomic E-state index is 0.0479. The second-order valence-electron chi connectivity index (χ2n) is 9.64. The maximum absolute atomic E-state index is 13.1. The fourth-order valence-electron chi connectivity index (χ4n) is 4.92. The fraction of sp³-hybridized carbons (Fsp3) is 0.462.